The highest BCUT2D eigenvalue weighted by Gasteiger charge is 2.13. The molecule has 2 N–H and O–H groups in total. The molecule has 0 saturated heterocycles. The Hall–Kier alpha value is -1.68. The molecule has 2 aromatic rings. The van der Waals surface area contributed by atoms with E-state index in [1.165, 1.54) is 4.88 Å². The molecule has 1 aromatic carbocycles. The number of nitrogens with zero attached hydrogens (tertiary/aromatic N) is 1. The lowest BCUT2D eigenvalue weighted by molar-refractivity contribution is 0.340. The highest BCUT2D eigenvalue weighted by Crippen LogP contribution is 2.27. The normalized spacial score (nSPS) is 12.2. The number of anilines is 2. The van der Waals surface area contributed by atoms with Crippen molar-refractivity contribution in [1.29, 1.82) is 0 Å². The molecule has 4 heteroatoms. The van der Waals surface area contributed by atoms with E-state index in [0.29, 0.717) is 12.6 Å². The third-order valence-corrected chi connectivity index (χ3v) is 4.27. The fourth-order valence-corrected chi connectivity index (χ4v) is 3.00. The van der Waals surface area contributed by atoms with Crippen LogP contribution in [0.5, 0.6) is 5.75 Å². The van der Waals surface area contributed by atoms with Gasteiger partial charge in [-0.05, 0) is 31.4 Å². The molecular weight excluding hydrogens is 268 g/mol. The topological polar surface area (TPSA) is 38.5 Å². The van der Waals surface area contributed by atoms with E-state index in [9.17, 15) is 0 Å². The van der Waals surface area contributed by atoms with Crippen molar-refractivity contribution in [3.05, 3.63) is 40.6 Å². The third-order valence-electron chi connectivity index (χ3n) is 3.37. The van der Waals surface area contributed by atoms with Crippen LogP contribution < -0.4 is 15.4 Å². The summed E-state index contributed by atoms with van der Waals surface area (Å²) in [5.74, 6) is 0.831. The van der Waals surface area contributed by atoms with Gasteiger partial charge in [0.2, 0.25) is 0 Å². The Morgan fingerprint density at radius 1 is 1.35 bits per heavy atom. The molecule has 0 fully saturated rings. The first-order valence-electron chi connectivity index (χ1n) is 6.88. The number of likely N-dealkylation sites (N-methyl/N-ethyl adjacent to an activating group) is 1. The van der Waals surface area contributed by atoms with Gasteiger partial charge in [0.15, 0.2) is 0 Å². The Balaban J connectivity index is 2.13. The molecule has 3 nitrogen and oxygen atoms in total. The van der Waals surface area contributed by atoms with Gasteiger partial charge in [0.05, 0.1) is 6.61 Å². The fraction of sp³-hybridized carbons (Fsp3) is 0.375. The van der Waals surface area contributed by atoms with Crippen LogP contribution in [0.15, 0.2) is 35.7 Å². The summed E-state index contributed by atoms with van der Waals surface area (Å²) < 4.78 is 5.56. The average Bonchev–Trinajstić information content (AvgIpc) is 2.90. The highest BCUT2D eigenvalue weighted by molar-refractivity contribution is 7.09. The summed E-state index contributed by atoms with van der Waals surface area (Å²) in [4.78, 5) is 3.65. The zero-order chi connectivity index (χ0) is 14.5. The number of hydrogen-bond donors (Lipinski definition) is 1. The summed E-state index contributed by atoms with van der Waals surface area (Å²) in [6.07, 6.45) is 1.03. The minimum absolute atomic E-state index is 0.407. The number of nitrogen functional groups attached to an aromatic ring is 1. The molecule has 20 heavy (non-hydrogen) atoms. The molecule has 0 aliphatic rings. The van der Waals surface area contributed by atoms with Crippen LogP contribution in [0.2, 0.25) is 0 Å². The van der Waals surface area contributed by atoms with Gasteiger partial charge in [-0.1, -0.05) is 6.07 Å². The first-order valence-corrected chi connectivity index (χ1v) is 7.76. The van der Waals surface area contributed by atoms with Gasteiger partial charge in [0.1, 0.15) is 5.75 Å². The smallest absolute Gasteiger partial charge is 0.123 e. The Kier molecular flexibility index (Phi) is 4.90. The monoisotopic (exact) mass is 290 g/mol. The first-order chi connectivity index (χ1) is 9.60. The van der Waals surface area contributed by atoms with Crippen molar-refractivity contribution in [2.45, 2.75) is 26.3 Å². The Morgan fingerprint density at radius 2 is 2.15 bits per heavy atom. The molecule has 108 valence electrons. The molecule has 0 bridgehead atoms. The van der Waals surface area contributed by atoms with E-state index in [1.807, 2.05) is 25.1 Å². The lowest BCUT2D eigenvalue weighted by atomic mass is 10.1. The van der Waals surface area contributed by atoms with Crippen molar-refractivity contribution in [3.63, 3.8) is 0 Å². The van der Waals surface area contributed by atoms with Crippen molar-refractivity contribution >= 4 is 22.7 Å². The molecule has 1 atom stereocenters. The molecule has 0 aliphatic heterocycles. The molecule has 1 heterocycles. The van der Waals surface area contributed by atoms with Crippen molar-refractivity contribution < 1.29 is 4.74 Å². The van der Waals surface area contributed by atoms with E-state index in [4.69, 9.17) is 10.5 Å². The van der Waals surface area contributed by atoms with Gasteiger partial charge in [-0.25, -0.2) is 0 Å². The van der Waals surface area contributed by atoms with Gasteiger partial charge in [-0.15, -0.1) is 11.3 Å². The molecule has 0 aliphatic carbocycles. The van der Waals surface area contributed by atoms with Gasteiger partial charge in [-0.2, -0.15) is 0 Å². The van der Waals surface area contributed by atoms with Crippen LogP contribution >= 0.6 is 11.3 Å². The molecule has 0 radical (unpaired) electrons. The first kappa shape index (κ1) is 14.7. The minimum Gasteiger partial charge on any atom is -0.494 e. The number of ether oxygens (including phenoxy) is 1. The van der Waals surface area contributed by atoms with Crippen LogP contribution in [-0.2, 0) is 6.42 Å². The second-order valence-corrected chi connectivity index (χ2v) is 5.97. The van der Waals surface area contributed by atoms with Crippen LogP contribution in [0.4, 0.5) is 11.4 Å². The van der Waals surface area contributed by atoms with Gasteiger partial charge >= 0.3 is 0 Å². The van der Waals surface area contributed by atoms with Crippen LogP contribution in [0, 0.1) is 0 Å². The van der Waals surface area contributed by atoms with Gasteiger partial charge < -0.3 is 15.4 Å². The molecule has 0 spiro atoms. The maximum Gasteiger partial charge on any atom is 0.123 e. The summed E-state index contributed by atoms with van der Waals surface area (Å²) in [5, 5.41) is 2.12. The van der Waals surface area contributed by atoms with Crippen molar-refractivity contribution in [2.75, 3.05) is 24.3 Å². The SMILES string of the molecule is CCOc1cc(N)cc(N(C)C(C)Cc2cccs2)c1. The lowest BCUT2D eigenvalue weighted by Gasteiger charge is -2.27. The van der Waals surface area contributed by atoms with Crippen molar-refractivity contribution in [2.24, 2.45) is 0 Å². The average molecular weight is 290 g/mol. The summed E-state index contributed by atoms with van der Waals surface area (Å²) in [6, 6.07) is 10.6. The zero-order valence-electron chi connectivity index (χ0n) is 12.3. The molecule has 2 rings (SSSR count). The second kappa shape index (κ2) is 6.66. The second-order valence-electron chi connectivity index (χ2n) is 4.94. The van der Waals surface area contributed by atoms with E-state index in [-0.39, 0.29) is 0 Å². The standard InChI is InChI=1S/C16H22N2OS/c1-4-19-15-10-13(17)9-14(11-15)18(3)12(2)8-16-6-5-7-20-16/h5-7,9-12H,4,8,17H2,1-3H3. The van der Waals surface area contributed by atoms with Gasteiger partial charge in [0.25, 0.3) is 0 Å². The predicted octanol–water partition coefficient (Wildman–Crippen LogP) is 3.80. The minimum atomic E-state index is 0.407. The van der Waals surface area contributed by atoms with E-state index < -0.39 is 0 Å². The predicted molar refractivity (Wildman–Crippen MR) is 87.9 cm³/mol. The molecule has 1 aromatic heterocycles. The number of benzene rings is 1. The molecule has 1 unspecified atom stereocenters. The van der Waals surface area contributed by atoms with Crippen LogP contribution in [0.25, 0.3) is 0 Å². The highest BCUT2D eigenvalue weighted by atomic mass is 32.1. The largest absolute Gasteiger partial charge is 0.494 e. The Labute approximate surface area is 125 Å². The molecule has 0 saturated carbocycles. The fourth-order valence-electron chi connectivity index (χ4n) is 2.17. The van der Waals surface area contributed by atoms with Crippen molar-refractivity contribution in [1.82, 2.24) is 0 Å². The summed E-state index contributed by atoms with van der Waals surface area (Å²) in [6.45, 7) is 4.85. The van der Waals surface area contributed by atoms with Crippen LogP contribution in [0.3, 0.4) is 0 Å². The molecular formula is C16H22N2OS. The van der Waals surface area contributed by atoms with Crippen LogP contribution in [0.1, 0.15) is 18.7 Å². The van der Waals surface area contributed by atoms with E-state index in [2.05, 4.69) is 36.4 Å². The van der Waals surface area contributed by atoms with Crippen LogP contribution in [-0.4, -0.2) is 19.7 Å². The van der Waals surface area contributed by atoms with E-state index in [1.54, 1.807) is 11.3 Å². The quantitative estimate of drug-likeness (QED) is 0.822. The summed E-state index contributed by atoms with van der Waals surface area (Å²) in [5.41, 5.74) is 7.79. The number of thiophene rings is 1. The van der Waals surface area contributed by atoms with Gasteiger partial charge in [-0.3, -0.25) is 0 Å². The van der Waals surface area contributed by atoms with E-state index in [0.717, 1.165) is 23.5 Å². The third kappa shape index (κ3) is 3.67. The number of rotatable bonds is 6. The maximum atomic E-state index is 5.96. The van der Waals surface area contributed by atoms with E-state index >= 15 is 0 Å². The number of hydrogen-bond acceptors (Lipinski definition) is 4. The Bertz CT molecular complexity index is 539. The Morgan fingerprint density at radius 3 is 2.80 bits per heavy atom. The summed E-state index contributed by atoms with van der Waals surface area (Å²) >= 11 is 1.80. The maximum absolute atomic E-state index is 5.96. The van der Waals surface area contributed by atoms with Crippen molar-refractivity contribution in [3.8, 4) is 5.75 Å². The lowest BCUT2D eigenvalue weighted by Crippen LogP contribution is -2.30. The molecule has 0 amide bonds. The van der Waals surface area contributed by atoms with Gasteiger partial charge in [0, 0.05) is 47.9 Å². The summed E-state index contributed by atoms with van der Waals surface area (Å²) in [7, 11) is 2.10. The number of nitrogens with two attached hydrogens (primary N) is 1. The zero-order valence-corrected chi connectivity index (χ0v) is 13.1.